The summed E-state index contributed by atoms with van der Waals surface area (Å²) in [5.41, 5.74) is 0. The van der Waals surface area contributed by atoms with Crippen LogP contribution in [0.4, 0.5) is 0 Å². The SMILES string of the molecule is C[C@@H]1C[C@@H](C)CN(C(=O)[C@@H](C)Sc2nnc(-c3ccco3)n2C)C1. The Hall–Kier alpha value is -1.76. The van der Waals surface area contributed by atoms with E-state index in [2.05, 4.69) is 24.0 Å². The number of aromatic nitrogens is 3. The van der Waals surface area contributed by atoms with Crippen molar-refractivity contribution in [2.75, 3.05) is 13.1 Å². The molecule has 24 heavy (non-hydrogen) atoms. The van der Waals surface area contributed by atoms with Crippen molar-refractivity contribution in [2.24, 2.45) is 18.9 Å². The van der Waals surface area contributed by atoms with Crippen molar-refractivity contribution in [3.8, 4) is 11.6 Å². The second-order valence-corrected chi connectivity index (χ2v) is 8.10. The highest BCUT2D eigenvalue weighted by atomic mass is 32.2. The molecular formula is C17H24N4O2S. The van der Waals surface area contributed by atoms with E-state index in [4.69, 9.17) is 4.42 Å². The van der Waals surface area contributed by atoms with Gasteiger partial charge in [-0.1, -0.05) is 25.6 Å². The van der Waals surface area contributed by atoms with Crippen LogP contribution in [0.5, 0.6) is 0 Å². The number of hydrogen-bond donors (Lipinski definition) is 0. The van der Waals surface area contributed by atoms with Crippen molar-refractivity contribution in [3.05, 3.63) is 18.4 Å². The van der Waals surface area contributed by atoms with Gasteiger partial charge in [0.2, 0.25) is 5.91 Å². The average molecular weight is 348 g/mol. The predicted octanol–water partition coefficient (Wildman–Crippen LogP) is 3.06. The van der Waals surface area contributed by atoms with E-state index >= 15 is 0 Å². The number of hydrogen-bond acceptors (Lipinski definition) is 5. The van der Waals surface area contributed by atoms with Crippen LogP contribution in [-0.2, 0) is 11.8 Å². The largest absolute Gasteiger partial charge is 0.461 e. The van der Waals surface area contributed by atoms with Gasteiger partial charge in [0.25, 0.3) is 0 Å². The lowest BCUT2D eigenvalue weighted by Crippen LogP contribution is -2.45. The molecule has 1 amide bonds. The van der Waals surface area contributed by atoms with Gasteiger partial charge in [0.1, 0.15) is 0 Å². The third-order valence-corrected chi connectivity index (χ3v) is 5.51. The second-order valence-electron chi connectivity index (χ2n) is 6.79. The van der Waals surface area contributed by atoms with Crippen LogP contribution in [0.3, 0.4) is 0 Å². The van der Waals surface area contributed by atoms with Gasteiger partial charge in [-0.2, -0.15) is 0 Å². The molecule has 1 saturated heterocycles. The van der Waals surface area contributed by atoms with Crippen molar-refractivity contribution >= 4 is 17.7 Å². The second kappa shape index (κ2) is 7.01. The van der Waals surface area contributed by atoms with Gasteiger partial charge in [-0.05, 0) is 37.3 Å². The van der Waals surface area contributed by atoms with Crippen molar-refractivity contribution in [1.29, 1.82) is 0 Å². The van der Waals surface area contributed by atoms with Gasteiger partial charge in [-0.3, -0.25) is 4.79 Å². The molecule has 6 nitrogen and oxygen atoms in total. The van der Waals surface area contributed by atoms with Gasteiger partial charge in [0.15, 0.2) is 16.7 Å². The normalized spacial score (nSPS) is 22.6. The first-order valence-electron chi connectivity index (χ1n) is 8.34. The van der Waals surface area contributed by atoms with Gasteiger partial charge in [-0.15, -0.1) is 10.2 Å². The molecule has 0 aromatic carbocycles. The quantitative estimate of drug-likeness (QED) is 0.795. The average Bonchev–Trinajstić information content (AvgIpc) is 3.16. The fraction of sp³-hybridized carbons (Fsp3) is 0.588. The van der Waals surface area contributed by atoms with E-state index in [1.165, 1.54) is 18.2 Å². The summed E-state index contributed by atoms with van der Waals surface area (Å²) in [4.78, 5) is 14.8. The van der Waals surface area contributed by atoms with E-state index < -0.39 is 0 Å². The zero-order valence-electron chi connectivity index (χ0n) is 14.6. The Morgan fingerprint density at radius 3 is 2.67 bits per heavy atom. The lowest BCUT2D eigenvalue weighted by molar-refractivity contribution is -0.132. The highest BCUT2D eigenvalue weighted by Gasteiger charge is 2.29. The van der Waals surface area contributed by atoms with Crippen LogP contribution in [0.1, 0.15) is 27.2 Å². The highest BCUT2D eigenvalue weighted by molar-refractivity contribution is 8.00. The number of carbonyl (C=O) groups excluding carboxylic acids is 1. The number of amides is 1. The smallest absolute Gasteiger partial charge is 0.235 e. The molecule has 3 rings (SSSR count). The number of likely N-dealkylation sites (tertiary alicyclic amines) is 1. The Balaban J connectivity index is 1.68. The maximum atomic E-state index is 12.8. The number of rotatable bonds is 4. The van der Waals surface area contributed by atoms with Crippen LogP contribution < -0.4 is 0 Å². The summed E-state index contributed by atoms with van der Waals surface area (Å²) in [6.07, 6.45) is 2.81. The molecule has 1 fully saturated rings. The molecule has 0 N–H and O–H groups in total. The number of nitrogens with zero attached hydrogens (tertiary/aromatic N) is 4. The Morgan fingerprint density at radius 2 is 2.04 bits per heavy atom. The molecule has 130 valence electrons. The number of carbonyl (C=O) groups is 1. The topological polar surface area (TPSA) is 64.2 Å². The summed E-state index contributed by atoms with van der Waals surface area (Å²) < 4.78 is 7.25. The molecule has 0 radical (unpaired) electrons. The van der Waals surface area contributed by atoms with Crippen molar-refractivity contribution in [3.63, 3.8) is 0 Å². The summed E-state index contributed by atoms with van der Waals surface area (Å²) in [5.74, 6) is 2.66. The molecule has 3 atom stereocenters. The van der Waals surface area contributed by atoms with E-state index in [1.807, 2.05) is 35.6 Å². The van der Waals surface area contributed by atoms with Crippen LogP contribution >= 0.6 is 11.8 Å². The number of thioether (sulfide) groups is 1. The van der Waals surface area contributed by atoms with Crippen LogP contribution in [0.25, 0.3) is 11.6 Å². The maximum absolute atomic E-state index is 12.8. The molecule has 0 spiro atoms. The summed E-state index contributed by atoms with van der Waals surface area (Å²) in [7, 11) is 1.89. The van der Waals surface area contributed by atoms with Crippen LogP contribution in [0.2, 0.25) is 0 Å². The fourth-order valence-corrected chi connectivity index (χ4v) is 4.25. The van der Waals surface area contributed by atoms with Gasteiger partial charge in [0, 0.05) is 20.1 Å². The van der Waals surface area contributed by atoms with Gasteiger partial charge >= 0.3 is 0 Å². The van der Waals surface area contributed by atoms with Gasteiger partial charge < -0.3 is 13.9 Å². The molecule has 7 heteroatoms. The zero-order chi connectivity index (χ0) is 17.3. The summed E-state index contributed by atoms with van der Waals surface area (Å²) in [5, 5.41) is 8.93. The minimum Gasteiger partial charge on any atom is -0.461 e. The molecule has 0 aliphatic carbocycles. The molecule has 3 heterocycles. The molecule has 2 aromatic rings. The fourth-order valence-electron chi connectivity index (χ4n) is 3.35. The standard InChI is InChI=1S/C17H24N4O2S/c1-11-8-12(2)10-21(9-11)16(22)13(3)24-17-19-18-15(20(17)4)14-6-5-7-23-14/h5-7,11-13H,8-10H2,1-4H3/t11-,12-,13-/m1/s1. The molecule has 2 aromatic heterocycles. The summed E-state index contributed by atoms with van der Waals surface area (Å²) in [6.45, 7) is 8.07. The summed E-state index contributed by atoms with van der Waals surface area (Å²) >= 11 is 1.45. The molecule has 1 aliphatic rings. The van der Waals surface area contributed by atoms with Gasteiger partial charge in [0.05, 0.1) is 11.5 Å². The van der Waals surface area contributed by atoms with E-state index in [9.17, 15) is 4.79 Å². The Labute approximate surface area is 146 Å². The van der Waals surface area contributed by atoms with Crippen molar-refractivity contribution in [1.82, 2.24) is 19.7 Å². The first kappa shape index (κ1) is 17.1. The maximum Gasteiger partial charge on any atom is 0.235 e. The third-order valence-electron chi connectivity index (χ3n) is 4.39. The predicted molar refractivity (Wildman–Crippen MR) is 93.5 cm³/mol. The minimum atomic E-state index is -0.185. The number of piperidine rings is 1. The van der Waals surface area contributed by atoms with Crippen LogP contribution in [-0.4, -0.2) is 43.9 Å². The lowest BCUT2D eigenvalue weighted by Gasteiger charge is -2.36. The van der Waals surface area contributed by atoms with Gasteiger partial charge in [-0.25, -0.2) is 0 Å². The third kappa shape index (κ3) is 3.50. The highest BCUT2D eigenvalue weighted by Crippen LogP contribution is 2.28. The zero-order valence-corrected chi connectivity index (χ0v) is 15.4. The molecular weight excluding hydrogens is 324 g/mol. The van der Waals surface area contributed by atoms with Crippen LogP contribution in [0.15, 0.2) is 28.0 Å². The Morgan fingerprint density at radius 1 is 1.33 bits per heavy atom. The monoisotopic (exact) mass is 348 g/mol. The lowest BCUT2D eigenvalue weighted by atomic mass is 9.92. The molecule has 0 saturated carbocycles. The number of furan rings is 1. The van der Waals surface area contributed by atoms with Crippen molar-refractivity contribution < 1.29 is 9.21 Å². The Bertz CT molecular complexity index is 688. The van der Waals surface area contributed by atoms with Crippen molar-refractivity contribution in [2.45, 2.75) is 37.6 Å². The molecule has 0 bridgehead atoms. The molecule has 0 unspecified atom stereocenters. The van der Waals surface area contributed by atoms with E-state index in [-0.39, 0.29) is 11.2 Å². The van der Waals surface area contributed by atoms with E-state index in [0.29, 0.717) is 23.4 Å². The van der Waals surface area contributed by atoms with E-state index in [1.54, 1.807) is 6.26 Å². The summed E-state index contributed by atoms with van der Waals surface area (Å²) in [6, 6.07) is 3.67. The first-order valence-corrected chi connectivity index (χ1v) is 9.22. The minimum absolute atomic E-state index is 0.181. The van der Waals surface area contributed by atoms with Crippen LogP contribution in [0, 0.1) is 11.8 Å². The van der Waals surface area contributed by atoms with E-state index in [0.717, 1.165) is 18.2 Å². The first-order chi connectivity index (χ1) is 11.5. The Kier molecular flexibility index (Phi) is 4.99. The molecule has 1 aliphatic heterocycles.